The number of aliphatic hydroxyl groups is 1. The van der Waals surface area contributed by atoms with E-state index in [0.717, 1.165) is 0 Å². The molecule has 0 saturated carbocycles. The van der Waals surface area contributed by atoms with Crippen molar-refractivity contribution in [2.75, 3.05) is 26.4 Å². The van der Waals surface area contributed by atoms with Crippen molar-refractivity contribution in [3.8, 4) is 5.75 Å². The van der Waals surface area contributed by atoms with Gasteiger partial charge in [-0.05, 0) is 41.1 Å². The van der Waals surface area contributed by atoms with Crippen LogP contribution in [0.4, 0.5) is 0 Å². The average molecular weight is 367 g/mol. The molecule has 7 heteroatoms. The molecule has 5 nitrogen and oxygen atoms in total. The van der Waals surface area contributed by atoms with Crippen molar-refractivity contribution in [2.24, 2.45) is 0 Å². The molecule has 0 bridgehead atoms. The summed E-state index contributed by atoms with van der Waals surface area (Å²) in [7, 11) is 0. The van der Waals surface area contributed by atoms with E-state index in [9.17, 15) is 4.79 Å². The van der Waals surface area contributed by atoms with E-state index in [1.807, 2.05) is 0 Å². The van der Waals surface area contributed by atoms with Gasteiger partial charge in [0.25, 0.3) is 5.91 Å². The second-order valence-electron chi connectivity index (χ2n) is 3.96. The Labute approximate surface area is 131 Å². The van der Waals surface area contributed by atoms with Gasteiger partial charge in [0.1, 0.15) is 5.75 Å². The molecule has 1 aromatic rings. The maximum absolute atomic E-state index is 11.8. The predicted octanol–water partition coefficient (Wildman–Crippen LogP) is 1.99. The zero-order valence-electron chi connectivity index (χ0n) is 11.1. The lowest BCUT2D eigenvalue weighted by atomic mass is 10.3. The first-order chi connectivity index (χ1) is 9.54. The topological polar surface area (TPSA) is 67.8 Å². The van der Waals surface area contributed by atoms with Crippen LogP contribution >= 0.6 is 27.5 Å². The highest BCUT2D eigenvalue weighted by Crippen LogP contribution is 2.28. The molecule has 0 spiro atoms. The quantitative estimate of drug-likeness (QED) is 0.691. The lowest BCUT2D eigenvalue weighted by Gasteiger charge is -2.15. The van der Waals surface area contributed by atoms with E-state index in [-0.39, 0.29) is 19.1 Å². The van der Waals surface area contributed by atoms with Gasteiger partial charge < -0.3 is 19.9 Å². The Morgan fingerprint density at radius 1 is 1.50 bits per heavy atom. The number of carbonyl (C=O) groups is 1. The van der Waals surface area contributed by atoms with Crippen LogP contribution in [0.25, 0.3) is 0 Å². The van der Waals surface area contributed by atoms with Gasteiger partial charge in [-0.2, -0.15) is 0 Å². The second kappa shape index (κ2) is 9.18. The third-order valence-corrected chi connectivity index (χ3v) is 3.20. The first-order valence-corrected chi connectivity index (χ1v) is 7.29. The molecule has 0 heterocycles. The number of rotatable bonds is 8. The Bertz CT molecular complexity index is 444. The minimum Gasteiger partial charge on any atom is -0.480 e. The highest BCUT2D eigenvalue weighted by atomic mass is 79.9. The molecular weight excluding hydrogens is 350 g/mol. The van der Waals surface area contributed by atoms with Crippen LogP contribution in [-0.4, -0.2) is 43.5 Å². The number of aliphatic hydroxyl groups excluding tert-OH is 1. The molecule has 1 aromatic carbocycles. The van der Waals surface area contributed by atoms with E-state index in [1.54, 1.807) is 25.1 Å². The molecule has 0 fully saturated rings. The van der Waals surface area contributed by atoms with Crippen molar-refractivity contribution < 1.29 is 19.4 Å². The number of amides is 1. The Balaban J connectivity index is 2.37. The van der Waals surface area contributed by atoms with Crippen LogP contribution in [-0.2, 0) is 9.53 Å². The fourth-order valence-electron chi connectivity index (χ4n) is 1.37. The number of hydrogen-bond acceptors (Lipinski definition) is 4. The highest BCUT2D eigenvalue weighted by molar-refractivity contribution is 9.10. The van der Waals surface area contributed by atoms with E-state index in [2.05, 4.69) is 21.2 Å². The summed E-state index contributed by atoms with van der Waals surface area (Å²) in [6.07, 6.45) is -0.634. The molecule has 1 atom stereocenters. The molecule has 0 aromatic heterocycles. The Kier molecular flexibility index (Phi) is 7.91. The van der Waals surface area contributed by atoms with Gasteiger partial charge in [-0.1, -0.05) is 11.6 Å². The first kappa shape index (κ1) is 17.2. The molecule has 112 valence electrons. The summed E-state index contributed by atoms with van der Waals surface area (Å²) in [5.74, 6) is 0.313. The maximum atomic E-state index is 11.8. The highest BCUT2D eigenvalue weighted by Gasteiger charge is 2.15. The van der Waals surface area contributed by atoms with Gasteiger partial charge in [-0.15, -0.1) is 0 Å². The summed E-state index contributed by atoms with van der Waals surface area (Å²) in [5, 5.41) is 11.8. The van der Waals surface area contributed by atoms with Crippen LogP contribution in [0, 0.1) is 0 Å². The lowest BCUT2D eigenvalue weighted by molar-refractivity contribution is -0.127. The number of carbonyl (C=O) groups excluding carboxylic acids is 1. The fourth-order valence-corrected chi connectivity index (χ4v) is 2.15. The third-order valence-electron chi connectivity index (χ3n) is 2.35. The van der Waals surface area contributed by atoms with Crippen LogP contribution in [0.3, 0.4) is 0 Å². The van der Waals surface area contributed by atoms with Crippen LogP contribution in [0.2, 0.25) is 5.02 Å². The van der Waals surface area contributed by atoms with Crippen LogP contribution in [0.15, 0.2) is 22.7 Å². The number of nitrogens with one attached hydrogen (secondary N) is 1. The van der Waals surface area contributed by atoms with Crippen molar-refractivity contribution in [3.63, 3.8) is 0 Å². The molecule has 0 aliphatic carbocycles. The Morgan fingerprint density at radius 2 is 2.25 bits per heavy atom. The number of hydrogen-bond donors (Lipinski definition) is 2. The van der Waals surface area contributed by atoms with Crippen LogP contribution in [0.1, 0.15) is 6.92 Å². The largest absolute Gasteiger partial charge is 0.480 e. The Hall–Kier alpha value is -0.820. The van der Waals surface area contributed by atoms with Gasteiger partial charge in [-0.3, -0.25) is 4.79 Å². The maximum Gasteiger partial charge on any atom is 0.260 e. The van der Waals surface area contributed by atoms with E-state index < -0.39 is 6.10 Å². The van der Waals surface area contributed by atoms with E-state index >= 15 is 0 Å². The number of benzene rings is 1. The summed E-state index contributed by atoms with van der Waals surface area (Å²) in [6.45, 7) is 2.61. The van der Waals surface area contributed by atoms with Crippen LogP contribution in [0.5, 0.6) is 5.75 Å². The van der Waals surface area contributed by atoms with Gasteiger partial charge >= 0.3 is 0 Å². The summed E-state index contributed by atoms with van der Waals surface area (Å²) in [4.78, 5) is 11.8. The molecule has 1 unspecified atom stereocenters. The summed E-state index contributed by atoms with van der Waals surface area (Å²) in [5.41, 5.74) is 0. The van der Waals surface area contributed by atoms with E-state index in [1.165, 1.54) is 0 Å². The molecule has 1 amide bonds. The Morgan fingerprint density at radius 3 is 2.90 bits per heavy atom. The number of ether oxygens (including phenoxy) is 2. The second-order valence-corrected chi connectivity index (χ2v) is 5.25. The molecule has 0 saturated heterocycles. The first-order valence-electron chi connectivity index (χ1n) is 6.12. The minimum absolute atomic E-state index is 0.0297. The lowest BCUT2D eigenvalue weighted by Crippen LogP contribution is -2.38. The van der Waals surface area contributed by atoms with Crippen molar-refractivity contribution in [3.05, 3.63) is 27.7 Å². The molecule has 20 heavy (non-hydrogen) atoms. The predicted molar refractivity (Wildman–Crippen MR) is 80.2 cm³/mol. The molecule has 0 aliphatic heterocycles. The van der Waals surface area contributed by atoms with Gasteiger partial charge in [0.05, 0.1) is 24.3 Å². The standard InChI is InChI=1S/C13H17BrClNO4/c1-9(13(18)16-4-6-19-7-5-17)20-12-3-2-10(15)8-11(12)14/h2-3,8-9,17H,4-7H2,1H3,(H,16,18). The zero-order chi connectivity index (χ0) is 15.0. The molecule has 0 radical (unpaired) electrons. The van der Waals surface area contributed by atoms with E-state index in [4.69, 9.17) is 26.2 Å². The SMILES string of the molecule is CC(Oc1ccc(Cl)cc1Br)C(=O)NCCOCCO. The molecule has 1 rings (SSSR count). The van der Waals surface area contributed by atoms with Crippen molar-refractivity contribution in [2.45, 2.75) is 13.0 Å². The molecule has 2 N–H and O–H groups in total. The minimum atomic E-state index is -0.634. The molecule has 0 aliphatic rings. The van der Waals surface area contributed by atoms with Crippen molar-refractivity contribution >= 4 is 33.4 Å². The normalized spacial score (nSPS) is 12.0. The fraction of sp³-hybridized carbons (Fsp3) is 0.462. The monoisotopic (exact) mass is 365 g/mol. The van der Waals surface area contributed by atoms with E-state index in [0.29, 0.717) is 28.4 Å². The van der Waals surface area contributed by atoms with Gasteiger partial charge in [0.15, 0.2) is 6.10 Å². The molecular formula is C13H17BrClNO4. The summed E-state index contributed by atoms with van der Waals surface area (Å²) >= 11 is 9.15. The van der Waals surface area contributed by atoms with Crippen molar-refractivity contribution in [1.29, 1.82) is 0 Å². The van der Waals surface area contributed by atoms with Gasteiger partial charge in [-0.25, -0.2) is 0 Å². The van der Waals surface area contributed by atoms with Gasteiger partial charge in [0.2, 0.25) is 0 Å². The summed E-state index contributed by atoms with van der Waals surface area (Å²) in [6, 6.07) is 5.08. The van der Waals surface area contributed by atoms with Crippen molar-refractivity contribution in [1.82, 2.24) is 5.32 Å². The van der Waals surface area contributed by atoms with Crippen LogP contribution < -0.4 is 10.1 Å². The zero-order valence-corrected chi connectivity index (χ0v) is 13.4. The summed E-state index contributed by atoms with van der Waals surface area (Å²) < 4.78 is 11.3. The third kappa shape index (κ3) is 6.09. The average Bonchev–Trinajstić information content (AvgIpc) is 2.41. The smallest absolute Gasteiger partial charge is 0.260 e. The van der Waals surface area contributed by atoms with Gasteiger partial charge in [0, 0.05) is 11.6 Å². The number of halogens is 2.